The standard InChI is InChI=1S/C15H29N3O/c16-15(9-5-6-10-15)14(19)18-12-11-17-13-7-3-1-2-4-8-13/h13,17H,1-12,16H2,(H,18,19). The lowest BCUT2D eigenvalue weighted by Crippen LogP contribution is -2.53. The minimum atomic E-state index is -0.581. The molecule has 19 heavy (non-hydrogen) atoms. The van der Waals surface area contributed by atoms with Crippen molar-refractivity contribution in [2.45, 2.75) is 75.8 Å². The Morgan fingerprint density at radius 1 is 1.00 bits per heavy atom. The lowest BCUT2D eigenvalue weighted by Gasteiger charge is -2.23. The van der Waals surface area contributed by atoms with Gasteiger partial charge in [-0.1, -0.05) is 38.5 Å². The molecule has 2 fully saturated rings. The first-order chi connectivity index (χ1) is 9.21. The van der Waals surface area contributed by atoms with E-state index in [1.54, 1.807) is 0 Å². The molecule has 2 aliphatic carbocycles. The zero-order valence-corrected chi connectivity index (χ0v) is 12.0. The van der Waals surface area contributed by atoms with Gasteiger partial charge in [-0.05, 0) is 25.7 Å². The highest BCUT2D eigenvalue weighted by Crippen LogP contribution is 2.27. The molecule has 2 saturated carbocycles. The Morgan fingerprint density at radius 2 is 1.63 bits per heavy atom. The van der Waals surface area contributed by atoms with Crippen LogP contribution in [0, 0.1) is 0 Å². The van der Waals surface area contributed by atoms with Crippen LogP contribution in [0.3, 0.4) is 0 Å². The third-order valence-electron chi connectivity index (χ3n) is 4.65. The maximum Gasteiger partial charge on any atom is 0.240 e. The third kappa shape index (κ3) is 4.46. The number of carbonyl (C=O) groups is 1. The SMILES string of the molecule is NC1(C(=O)NCCNC2CCCCCC2)CCCC1. The highest BCUT2D eigenvalue weighted by atomic mass is 16.2. The highest BCUT2D eigenvalue weighted by Gasteiger charge is 2.36. The van der Waals surface area contributed by atoms with Gasteiger partial charge in [0.2, 0.25) is 5.91 Å². The van der Waals surface area contributed by atoms with E-state index in [1.165, 1.54) is 38.5 Å². The van der Waals surface area contributed by atoms with Gasteiger partial charge in [-0.3, -0.25) is 4.79 Å². The Hall–Kier alpha value is -0.610. The van der Waals surface area contributed by atoms with Gasteiger partial charge in [-0.25, -0.2) is 0 Å². The number of amides is 1. The minimum absolute atomic E-state index is 0.0488. The van der Waals surface area contributed by atoms with Crippen LogP contribution in [0.25, 0.3) is 0 Å². The van der Waals surface area contributed by atoms with Crippen molar-refractivity contribution in [3.8, 4) is 0 Å². The van der Waals surface area contributed by atoms with E-state index in [-0.39, 0.29) is 5.91 Å². The second-order valence-corrected chi connectivity index (χ2v) is 6.26. The maximum atomic E-state index is 12.0. The average Bonchev–Trinajstić information content (AvgIpc) is 2.70. The van der Waals surface area contributed by atoms with Crippen molar-refractivity contribution >= 4 is 5.91 Å². The van der Waals surface area contributed by atoms with Crippen LogP contribution in [0.15, 0.2) is 0 Å². The summed E-state index contributed by atoms with van der Waals surface area (Å²) in [6, 6.07) is 0.651. The van der Waals surface area contributed by atoms with Crippen LogP contribution in [0.1, 0.15) is 64.2 Å². The van der Waals surface area contributed by atoms with Gasteiger partial charge in [0.15, 0.2) is 0 Å². The first kappa shape index (κ1) is 14.8. The molecule has 0 spiro atoms. The fraction of sp³-hybridized carbons (Fsp3) is 0.933. The lowest BCUT2D eigenvalue weighted by atomic mass is 9.98. The predicted octanol–water partition coefficient (Wildman–Crippen LogP) is 1.69. The molecule has 1 amide bonds. The molecule has 0 aliphatic heterocycles. The molecule has 110 valence electrons. The summed E-state index contributed by atoms with van der Waals surface area (Å²) < 4.78 is 0. The molecule has 2 aliphatic rings. The van der Waals surface area contributed by atoms with E-state index in [0.29, 0.717) is 12.6 Å². The van der Waals surface area contributed by atoms with Crippen molar-refractivity contribution in [3.05, 3.63) is 0 Å². The van der Waals surface area contributed by atoms with Gasteiger partial charge in [0, 0.05) is 19.1 Å². The Kier molecular flexibility index (Phi) is 5.64. The van der Waals surface area contributed by atoms with Crippen LogP contribution in [-0.2, 0) is 4.79 Å². The molecule has 0 aromatic rings. The number of nitrogens with one attached hydrogen (secondary N) is 2. The van der Waals surface area contributed by atoms with E-state index in [4.69, 9.17) is 5.73 Å². The Balaban J connectivity index is 1.59. The van der Waals surface area contributed by atoms with Crippen LogP contribution in [0.5, 0.6) is 0 Å². The summed E-state index contributed by atoms with van der Waals surface area (Å²) in [4.78, 5) is 12.0. The zero-order chi connectivity index (χ0) is 13.6. The summed E-state index contributed by atoms with van der Waals surface area (Å²) >= 11 is 0. The molecule has 0 radical (unpaired) electrons. The minimum Gasteiger partial charge on any atom is -0.353 e. The van der Waals surface area contributed by atoms with Crippen LogP contribution >= 0.6 is 0 Å². The summed E-state index contributed by atoms with van der Waals surface area (Å²) in [6.07, 6.45) is 11.9. The lowest BCUT2D eigenvalue weighted by molar-refractivity contribution is -0.126. The fourth-order valence-electron chi connectivity index (χ4n) is 3.34. The van der Waals surface area contributed by atoms with Crippen molar-refractivity contribution in [1.29, 1.82) is 0 Å². The third-order valence-corrected chi connectivity index (χ3v) is 4.65. The highest BCUT2D eigenvalue weighted by molar-refractivity contribution is 5.86. The number of rotatable bonds is 5. The quantitative estimate of drug-likeness (QED) is 0.524. The molecule has 0 bridgehead atoms. The molecule has 0 saturated heterocycles. The molecular formula is C15H29N3O. The van der Waals surface area contributed by atoms with E-state index >= 15 is 0 Å². The van der Waals surface area contributed by atoms with Gasteiger partial charge < -0.3 is 16.4 Å². The second-order valence-electron chi connectivity index (χ2n) is 6.26. The maximum absolute atomic E-state index is 12.0. The van der Waals surface area contributed by atoms with E-state index < -0.39 is 5.54 Å². The van der Waals surface area contributed by atoms with Gasteiger partial charge in [0.05, 0.1) is 5.54 Å². The topological polar surface area (TPSA) is 67.2 Å². The summed E-state index contributed by atoms with van der Waals surface area (Å²) in [5.41, 5.74) is 5.53. The van der Waals surface area contributed by atoms with E-state index in [1.807, 2.05) is 0 Å². The van der Waals surface area contributed by atoms with E-state index in [9.17, 15) is 4.79 Å². The summed E-state index contributed by atoms with van der Waals surface area (Å²) in [5.74, 6) is 0.0488. The van der Waals surface area contributed by atoms with Crippen LogP contribution < -0.4 is 16.4 Å². The fourth-order valence-corrected chi connectivity index (χ4v) is 3.34. The van der Waals surface area contributed by atoms with Gasteiger partial charge in [0.25, 0.3) is 0 Å². The number of carbonyl (C=O) groups excluding carboxylic acids is 1. The predicted molar refractivity (Wildman–Crippen MR) is 77.9 cm³/mol. The Labute approximate surface area is 116 Å². The molecular weight excluding hydrogens is 238 g/mol. The first-order valence-corrected chi connectivity index (χ1v) is 8.01. The molecule has 4 nitrogen and oxygen atoms in total. The van der Waals surface area contributed by atoms with Crippen molar-refractivity contribution in [3.63, 3.8) is 0 Å². The molecule has 0 aromatic carbocycles. The van der Waals surface area contributed by atoms with Crippen LogP contribution in [-0.4, -0.2) is 30.6 Å². The summed E-state index contributed by atoms with van der Waals surface area (Å²) in [7, 11) is 0. The van der Waals surface area contributed by atoms with Gasteiger partial charge in [-0.2, -0.15) is 0 Å². The average molecular weight is 267 g/mol. The molecule has 0 unspecified atom stereocenters. The number of hydrogen-bond donors (Lipinski definition) is 3. The zero-order valence-electron chi connectivity index (χ0n) is 12.0. The van der Waals surface area contributed by atoms with Gasteiger partial charge in [-0.15, -0.1) is 0 Å². The van der Waals surface area contributed by atoms with Crippen LogP contribution in [0.2, 0.25) is 0 Å². The van der Waals surface area contributed by atoms with Crippen molar-refractivity contribution < 1.29 is 4.79 Å². The summed E-state index contributed by atoms with van der Waals surface area (Å²) in [6.45, 7) is 1.57. The molecule has 4 N–H and O–H groups in total. The Morgan fingerprint density at radius 3 is 2.26 bits per heavy atom. The van der Waals surface area contributed by atoms with Crippen molar-refractivity contribution in [1.82, 2.24) is 10.6 Å². The molecule has 0 aromatic heterocycles. The molecule has 0 heterocycles. The monoisotopic (exact) mass is 267 g/mol. The first-order valence-electron chi connectivity index (χ1n) is 8.01. The molecule has 2 rings (SSSR count). The molecule has 0 atom stereocenters. The number of nitrogens with two attached hydrogens (primary N) is 1. The van der Waals surface area contributed by atoms with Crippen LogP contribution in [0.4, 0.5) is 0 Å². The van der Waals surface area contributed by atoms with Crippen molar-refractivity contribution in [2.75, 3.05) is 13.1 Å². The largest absolute Gasteiger partial charge is 0.353 e. The Bertz CT molecular complexity index is 279. The number of hydrogen-bond acceptors (Lipinski definition) is 3. The molecule has 4 heteroatoms. The van der Waals surface area contributed by atoms with Crippen molar-refractivity contribution in [2.24, 2.45) is 5.73 Å². The normalized spacial score (nSPS) is 24.1. The second kappa shape index (κ2) is 7.25. The van der Waals surface area contributed by atoms with Gasteiger partial charge in [0.1, 0.15) is 0 Å². The summed E-state index contributed by atoms with van der Waals surface area (Å²) in [5, 5.41) is 6.56. The van der Waals surface area contributed by atoms with Gasteiger partial charge >= 0.3 is 0 Å². The smallest absolute Gasteiger partial charge is 0.240 e. The van der Waals surface area contributed by atoms with E-state index in [0.717, 1.165) is 32.2 Å². The van der Waals surface area contributed by atoms with E-state index in [2.05, 4.69) is 10.6 Å².